The fraction of sp³-hybridized carbons (Fsp3) is 1.00. The summed E-state index contributed by atoms with van der Waals surface area (Å²) in [5.41, 5.74) is 7.93. The Morgan fingerprint density at radius 1 is 1.75 bits per heavy atom. The average Bonchev–Trinajstić information content (AvgIpc) is 1.84. The Bertz CT molecular complexity index is 48.0. The van der Waals surface area contributed by atoms with E-state index in [0.717, 1.165) is 6.42 Å². The SMILES string of the molecule is CCC(N)N(C)NN. The zero-order valence-electron chi connectivity index (χ0n) is 5.39. The molecule has 0 aromatic heterocycles. The molecule has 0 aliphatic carbocycles. The zero-order chi connectivity index (χ0) is 6.57. The van der Waals surface area contributed by atoms with Crippen molar-refractivity contribution in [3.05, 3.63) is 0 Å². The molecule has 0 saturated heterocycles. The van der Waals surface area contributed by atoms with E-state index in [1.807, 2.05) is 6.92 Å². The van der Waals surface area contributed by atoms with Crippen LogP contribution in [0.2, 0.25) is 0 Å². The van der Waals surface area contributed by atoms with Crippen molar-refractivity contribution in [1.82, 2.24) is 10.5 Å². The van der Waals surface area contributed by atoms with Crippen LogP contribution in [0.1, 0.15) is 13.3 Å². The van der Waals surface area contributed by atoms with E-state index in [1.165, 1.54) is 0 Å². The first-order chi connectivity index (χ1) is 3.72. The minimum absolute atomic E-state index is 0.0139. The maximum absolute atomic E-state index is 5.51. The van der Waals surface area contributed by atoms with Gasteiger partial charge < -0.3 is 5.73 Å². The van der Waals surface area contributed by atoms with Crippen LogP contribution in [0.4, 0.5) is 0 Å². The Kier molecular flexibility index (Phi) is 3.72. The summed E-state index contributed by atoms with van der Waals surface area (Å²) < 4.78 is 0. The first-order valence-corrected chi connectivity index (χ1v) is 2.67. The fourth-order valence-electron chi connectivity index (χ4n) is 0.370. The highest BCUT2D eigenvalue weighted by molar-refractivity contribution is 4.50. The van der Waals surface area contributed by atoms with Gasteiger partial charge in [0.15, 0.2) is 0 Å². The molecule has 4 nitrogen and oxygen atoms in total. The Hall–Kier alpha value is -0.160. The number of hydrogen-bond donors (Lipinski definition) is 3. The maximum Gasteiger partial charge on any atom is 0.0715 e. The lowest BCUT2D eigenvalue weighted by molar-refractivity contribution is 0.164. The molecule has 0 bridgehead atoms. The first kappa shape index (κ1) is 7.84. The maximum atomic E-state index is 5.51. The van der Waals surface area contributed by atoms with Crippen LogP contribution >= 0.6 is 0 Å². The summed E-state index contributed by atoms with van der Waals surface area (Å²) in [5.74, 6) is 5.04. The smallest absolute Gasteiger partial charge is 0.0715 e. The van der Waals surface area contributed by atoms with Crippen molar-refractivity contribution in [3.63, 3.8) is 0 Å². The second-order valence-electron chi connectivity index (χ2n) is 1.72. The first-order valence-electron chi connectivity index (χ1n) is 2.67. The highest BCUT2D eigenvalue weighted by atomic mass is 15.6. The van der Waals surface area contributed by atoms with E-state index in [9.17, 15) is 0 Å². The van der Waals surface area contributed by atoms with E-state index >= 15 is 0 Å². The molecular formula is C4H14N4. The van der Waals surface area contributed by atoms with Crippen LogP contribution in [0.25, 0.3) is 0 Å². The molecule has 4 heteroatoms. The number of rotatable bonds is 3. The van der Waals surface area contributed by atoms with Crippen LogP contribution in [0, 0.1) is 0 Å². The molecule has 0 radical (unpaired) electrons. The summed E-state index contributed by atoms with van der Waals surface area (Å²) in [6, 6.07) is 0. The molecule has 0 rings (SSSR count). The van der Waals surface area contributed by atoms with Gasteiger partial charge in [-0.2, -0.15) is 5.53 Å². The van der Waals surface area contributed by atoms with Gasteiger partial charge in [-0.15, -0.1) is 0 Å². The van der Waals surface area contributed by atoms with Crippen LogP contribution in [-0.4, -0.2) is 18.2 Å². The van der Waals surface area contributed by atoms with Gasteiger partial charge in [0.25, 0.3) is 0 Å². The molecule has 0 aromatic rings. The summed E-state index contributed by atoms with van der Waals surface area (Å²) in [5, 5.41) is 1.65. The second kappa shape index (κ2) is 3.80. The predicted octanol–water partition coefficient (Wildman–Crippen LogP) is -1.01. The monoisotopic (exact) mass is 118 g/mol. The lowest BCUT2D eigenvalue weighted by Crippen LogP contribution is -2.50. The standard InChI is InChI=1S/C4H14N4/c1-3-4(5)8(2)7-6/h4,7H,3,5-6H2,1-2H3. The second-order valence-corrected chi connectivity index (χ2v) is 1.72. The van der Waals surface area contributed by atoms with Crippen molar-refractivity contribution >= 4 is 0 Å². The summed E-state index contributed by atoms with van der Waals surface area (Å²) in [6.07, 6.45) is 0.903. The Morgan fingerprint density at radius 3 is 2.38 bits per heavy atom. The highest BCUT2D eigenvalue weighted by Gasteiger charge is 2.01. The number of hydrogen-bond acceptors (Lipinski definition) is 4. The normalized spacial score (nSPS) is 14.6. The summed E-state index contributed by atoms with van der Waals surface area (Å²) in [7, 11) is 1.80. The molecule has 0 aliphatic rings. The van der Waals surface area contributed by atoms with Gasteiger partial charge in [-0.3, -0.25) is 5.84 Å². The Labute approximate surface area is 49.8 Å². The van der Waals surface area contributed by atoms with Crippen molar-refractivity contribution in [2.24, 2.45) is 11.6 Å². The number of hydrazine groups is 2. The van der Waals surface area contributed by atoms with Gasteiger partial charge in [-0.25, -0.2) is 5.01 Å². The Balaban J connectivity index is 3.29. The number of nitrogens with one attached hydrogen (secondary N) is 1. The third-order valence-electron chi connectivity index (χ3n) is 1.12. The van der Waals surface area contributed by atoms with Gasteiger partial charge in [0.2, 0.25) is 0 Å². The molecule has 0 aliphatic heterocycles. The molecular weight excluding hydrogens is 104 g/mol. The van der Waals surface area contributed by atoms with E-state index in [1.54, 1.807) is 12.1 Å². The van der Waals surface area contributed by atoms with Crippen molar-refractivity contribution in [1.29, 1.82) is 0 Å². The van der Waals surface area contributed by atoms with E-state index in [2.05, 4.69) is 5.53 Å². The molecule has 5 N–H and O–H groups in total. The van der Waals surface area contributed by atoms with Crippen molar-refractivity contribution in [3.8, 4) is 0 Å². The molecule has 1 unspecified atom stereocenters. The van der Waals surface area contributed by atoms with Gasteiger partial charge in [0.1, 0.15) is 0 Å². The van der Waals surface area contributed by atoms with E-state index < -0.39 is 0 Å². The third-order valence-corrected chi connectivity index (χ3v) is 1.12. The van der Waals surface area contributed by atoms with E-state index in [-0.39, 0.29) is 6.17 Å². The van der Waals surface area contributed by atoms with Crippen LogP contribution in [0.3, 0.4) is 0 Å². The van der Waals surface area contributed by atoms with E-state index in [4.69, 9.17) is 11.6 Å². The van der Waals surface area contributed by atoms with Crippen molar-refractivity contribution in [2.75, 3.05) is 7.05 Å². The minimum Gasteiger partial charge on any atom is -0.315 e. The number of nitrogens with two attached hydrogens (primary N) is 2. The quantitative estimate of drug-likeness (QED) is 0.252. The topological polar surface area (TPSA) is 67.3 Å². The van der Waals surface area contributed by atoms with Gasteiger partial charge in [-0.05, 0) is 6.42 Å². The summed E-state index contributed by atoms with van der Waals surface area (Å²) in [6.45, 7) is 2.00. The fourth-order valence-corrected chi connectivity index (χ4v) is 0.370. The summed E-state index contributed by atoms with van der Waals surface area (Å²) in [4.78, 5) is 0. The molecule has 1 atom stereocenters. The minimum atomic E-state index is 0.0139. The lowest BCUT2D eigenvalue weighted by atomic mass is 10.4. The van der Waals surface area contributed by atoms with Gasteiger partial charge in [0.05, 0.1) is 6.17 Å². The van der Waals surface area contributed by atoms with Crippen LogP contribution < -0.4 is 17.1 Å². The Morgan fingerprint density at radius 2 is 2.25 bits per heavy atom. The molecule has 0 saturated carbocycles. The van der Waals surface area contributed by atoms with Gasteiger partial charge >= 0.3 is 0 Å². The predicted molar refractivity (Wildman–Crippen MR) is 33.4 cm³/mol. The summed E-state index contributed by atoms with van der Waals surface area (Å²) >= 11 is 0. The largest absolute Gasteiger partial charge is 0.315 e. The van der Waals surface area contributed by atoms with Crippen LogP contribution in [-0.2, 0) is 0 Å². The van der Waals surface area contributed by atoms with Crippen LogP contribution in [0.5, 0.6) is 0 Å². The molecule has 0 aromatic carbocycles. The molecule has 50 valence electrons. The van der Waals surface area contributed by atoms with Crippen molar-refractivity contribution < 1.29 is 0 Å². The molecule has 8 heavy (non-hydrogen) atoms. The zero-order valence-corrected chi connectivity index (χ0v) is 5.39. The molecule has 0 heterocycles. The lowest BCUT2D eigenvalue weighted by Gasteiger charge is -2.20. The molecule has 0 spiro atoms. The molecule has 0 amide bonds. The molecule has 0 fully saturated rings. The van der Waals surface area contributed by atoms with Crippen LogP contribution in [0.15, 0.2) is 0 Å². The van der Waals surface area contributed by atoms with Gasteiger partial charge in [-0.1, -0.05) is 6.92 Å². The average molecular weight is 118 g/mol. The van der Waals surface area contributed by atoms with Gasteiger partial charge in [0, 0.05) is 7.05 Å². The van der Waals surface area contributed by atoms with E-state index in [0.29, 0.717) is 0 Å². The third kappa shape index (κ3) is 2.23. The number of nitrogens with zero attached hydrogens (tertiary/aromatic N) is 1. The highest BCUT2D eigenvalue weighted by Crippen LogP contribution is 1.85. The van der Waals surface area contributed by atoms with Crippen molar-refractivity contribution in [2.45, 2.75) is 19.5 Å².